The highest BCUT2D eigenvalue weighted by molar-refractivity contribution is 8.18. The third kappa shape index (κ3) is 4.08. The van der Waals surface area contributed by atoms with E-state index in [1.807, 2.05) is 78.9 Å². The van der Waals surface area contributed by atoms with Crippen LogP contribution in [0.4, 0.5) is 5.69 Å². The molecule has 1 saturated heterocycles. The highest BCUT2D eigenvalue weighted by atomic mass is 32.2. The minimum atomic E-state index is -0.164. The molecule has 0 atom stereocenters. The Kier molecular flexibility index (Phi) is 5.01. The Morgan fingerprint density at radius 2 is 1.81 bits per heavy atom. The van der Waals surface area contributed by atoms with Gasteiger partial charge in [0.1, 0.15) is 11.3 Å². The number of rotatable bonds is 4. The van der Waals surface area contributed by atoms with Crippen LogP contribution in [0.1, 0.15) is 5.56 Å². The number of para-hydroxylation sites is 2. The van der Waals surface area contributed by atoms with Crippen LogP contribution in [0.3, 0.4) is 0 Å². The van der Waals surface area contributed by atoms with Gasteiger partial charge < -0.3 is 14.5 Å². The monoisotopic (exact) mass is 427 g/mol. The highest BCUT2D eigenvalue weighted by Crippen LogP contribution is 2.30. The van der Waals surface area contributed by atoms with Crippen molar-refractivity contribution in [2.45, 2.75) is 0 Å². The van der Waals surface area contributed by atoms with Crippen molar-refractivity contribution in [3.05, 3.63) is 83.3 Å². The number of aliphatic imine (C=N–C) groups is 1. The maximum atomic E-state index is 12.3. The van der Waals surface area contributed by atoms with E-state index in [0.717, 1.165) is 33.7 Å². The van der Waals surface area contributed by atoms with E-state index < -0.39 is 0 Å². The lowest BCUT2D eigenvalue weighted by Crippen LogP contribution is -2.19. The largest absolute Gasteiger partial charge is 0.497 e. The lowest BCUT2D eigenvalue weighted by molar-refractivity contribution is -0.115. The predicted octanol–water partition coefficient (Wildman–Crippen LogP) is 5.40. The smallest absolute Gasteiger partial charge is 0.264 e. The number of thioether (sulfide) groups is 1. The molecule has 3 aromatic carbocycles. The van der Waals surface area contributed by atoms with Gasteiger partial charge in [-0.05, 0) is 71.9 Å². The van der Waals surface area contributed by atoms with Crippen molar-refractivity contribution in [3.8, 4) is 17.2 Å². The summed E-state index contributed by atoms with van der Waals surface area (Å²) in [5.74, 6) is 1.17. The first-order valence-electron chi connectivity index (χ1n) is 9.57. The first-order valence-corrected chi connectivity index (χ1v) is 10.4. The summed E-state index contributed by atoms with van der Waals surface area (Å²) in [6.45, 7) is 0. The van der Waals surface area contributed by atoms with E-state index >= 15 is 0 Å². The number of fused-ring (bicyclic) bond motifs is 1. The first kappa shape index (κ1) is 19.1. The Morgan fingerprint density at radius 3 is 2.55 bits per heavy atom. The van der Waals surface area contributed by atoms with Crippen molar-refractivity contribution in [1.82, 2.24) is 10.3 Å². The zero-order chi connectivity index (χ0) is 21.2. The van der Waals surface area contributed by atoms with Gasteiger partial charge in [-0.15, -0.1) is 0 Å². The Labute approximate surface area is 182 Å². The number of methoxy groups -OCH3 is 1. The molecule has 1 aliphatic heterocycles. The third-order valence-corrected chi connectivity index (χ3v) is 5.61. The molecule has 7 heteroatoms. The highest BCUT2D eigenvalue weighted by Gasteiger charge is 2.23. The summed E-state index contributed by atoms with van der Waals surface area (Å²) in [6.07, 6.45) is 1.83. The summed E-state index contributed by atoms with van der Waals surface area (Å²) < 4.78 is 11.0. The van der Waals surface area contributed by atoms with Gasteiger partial charge in [-0.2, -0.15) is 0 Å². The SMILES string of the molecule is COc1ccc(/C=C2/SC(=Nc3ccc(-c4nc5ccccc5o4)cc3)NC2=O)cc1. The topological polar surface area (TPSA) is 76.7 Å². The summed E-state index contributed by atoms with van der Waals surface area (Å²) in [7, 11) is 1.62. The van der Waals surface area contributed by atoms with E-state index in [1.165, 1.54) is 11.8 Å². The summed E-state index contributed by atoms with van der Waals surface area (Å²) in [5, 5.41) is 3.35. The number of ether oxygens (including phenoxy) is 1. The summed E-state index contributed by atoms with van der Waals surface area (Å²) in [5.41, 5.74) is 4.09. The van der Waals surface area contributed by atoms with Crippen LogP contribution in [0.2, 0.25) is 0 Å². The van der Waals surface area contributed by atoms with Crippen LogP contribution in [-0.2, 0) is 4.79 Å². The Balaban J connectivity index is 1.33. The van der Waals surface area contributed by atoms with E-state index in [9.17, 15) is 4.79 Å². The maximum absolute atomic E-state index is 12.3. The molecule has 1 amide bonds. The molecule has 0 radical (unpaired) electrons. The number of amides is 1. The molecular weight excluding hydrogens is 410 g/mol. The number of carbonyl (C=O) groups excluding carboxylic acids is 1. The van der Waals surface area contributed by atoms with Gasteiger partial charge in [-0.3, -0.25) is 4.79 Å². The standard InChI is InChI=1S/C24H17N3O3S/c1-29-18-12-6-15(7-13-18)14-21-22(28)27-24(31-21)25-17-10-8-16(9-11-17)23-26-19-4-2-3-5-20(19)30-23/h2-14H,1H3,(H,25,27,28)/b21-14+. The number of hydrogen-bond acceptors (Lipinski definition) is 6. The molecule has 1 aromatic heterocycles. The number of aromatic nitrogens is 1. The van der Waals surface area contributed by atoms with Crippen LogP contribution in [0.15, 0.2) is 87.1 Å². The van der Waals surface area contributed by atoms with Crippen LogP contribution in [-0.4, -0.2) is 23.2 Å². The van der Waals surface area contributed by atoms with Gasteiger partial charge in [0.2, 0.25) is 5.89 Å². The fourth-order valence-corrected chi connectivity index (χ4v) is 3.97. The molecule has 0 saturated carbocycles. The van der Waals surface area contributed by atoms with E-state index in [0.29, 0.717) is 16.0 Å². The van der Waals surface area contributed by atoms with Gasteiger partial charge in [0, 0.05) is 5.56 Å². The molecule has 5 rings (SSSR count). The predicted molar refractivity (Wildman–Crippen MR) is 123 cm³/mol. The van der Waals surface area contributed by atoms with Crippen molar-refractivity contribution in [2.24, 2.45) is 4.99 Å². The normalized spacial score (nSPS) is 16.2. The van der Waals surface area contributed by atoms with Crippen molar-refractivity contribution in [2.75, 3.05) is 7.11 Å². The van der Waals surface area contributed by atoms with Crippen molar-refractivity contribution in [3.63, 3.8) is 0 Å². The number of amidine groups is 1. The van der Waals surface area contributed by atoms with Gasteiger partial charge in [-0.25, -0.2) is 9.98 Å². The summed E-state index contributed by atoms with van der Waals surface area (Å²) in [6, 6.07) is 22.7. The minimum absolute atomic E-state index is 0.164. The van der Waals surface area contributed by atoms with Crippen LogP contribution >= 0.6 is 11.8 Å². The molecule has 2 heterocycles. The molecule has 1 fully saturated rings. The Hall–Kier alpha value is -3.84. The molecule has 0 unspecified atom stereocenters. The van der Waals surface area contributed by atoms with Gasteiger partial charge in [-0.1, -0.05) is 24.3 Å². The molecule has 0 aliphatic carbocycles. The second kappa shape index (κ2) is 8.12. The maximum Gasteiger partial charge on any atom is 0.264 e. The number of nitrogens with zero attached hydrogens (tertiary/aromatic N) is 2. The Bertz CT molecular complexity index is 1290. The van der Waals surface area contributed by atoms with Gasteiger partial charge in [0.15, 0.2) is 10.8 Å². The molecule has 1 aliphatic rings. The van der Waals surface area contributed by atoms with E-state index in [2.05, 4.69) is 15.3 Å². The zero-order valence-electron chi connectivity index (χ0n) is 16.5. The molecule has 6 nitrogen and oxygen atoms in total. The molecular formula is C24H17N3O3S. The second-order valence-electron chi connectivity index (χ2n) is 6.79. The minimum Gasteiger partial charge on any atom is -0.497 e. The molecule has 31 heavy (non-hydrogen) atoms. The van der Waals surface area contributed by atoms with Crippen LogP contribution < -0.4 is 10.1 Å². The van der Waals surface area contributed by atoms with E-state index in [1.54, 1.807) is 7.11 Å². The molecule has 0 bridgehead atoms. The summed E-state index contributed by atoms with van der Waals surface area (Å²) in [4.78, 5) is 21.9. The third-order valence-electron chi connectivity index (χ3n) is 4.70. The number of benzene rings is 3. The average Bonchev–Trinajstić information content (AvgIpc) is 3.38. The lowest BCUT2D eigenvalue weighted by atomic mass is 10.2. The molecule has 4 aromatic rings. The van der Waals surface area contributed by atoms with Crippen LogP contribution in [0, 0.1) is 0 Å². The number of oxazole rings is 1. The van der Waals surface area contributed by atoms with E-state index in [-0.39, 0.29) is 5.91 Å². The molecule has 152 valence electrons. The molecule has 1 N–H and O–H groups in total. The Morgan fingerprint density at radius 1 is 1.03 bits per heavy atom. The van der Waals surface area contributed by atoms with Gasteiger partial charge in [0.05, 0.1) is 17.7 Å². The number of carbonyl (C=O) groups is 1. The van der Waals surface area contributed by atoms with Gasteiger partial charge >= 0.3 is 0 Å². The average molecular weight is 427 g/mol. The van der Waals surface area contributed by atoms with Gasteiger partial charge in [0.25, 0.3) is 5.91 Å². The summed E-state index contributed by atoms with van der Waals surface area (Å²) >= 11 is 1.31. The molecule has 0 spiro atoms. The lowest BCUT2D eigenvalue weighted by Gasteiger charge is -1.99. The number of hydrogen-bond donors (Lipinski definition) is 1. The number of nitrogens with one attached hydrogen (secondary N) is 1. The van der Waals surface area contributed by atoms with Crippen molar-refractivity contribution in [1.29, 1.82) is 0 Å². The fourth-order valence-electron chi connectivity index (χ4n) is 3.12. The second-order valence-corrected chi connectivity index (χ2v) is 7.82. The quantitative estimate of drug-likeness (QED) is 0.442. The van der Waals surface area contributed by atoms with Crippen molar-refractivity contribution >= 4 is 45.7 Å². The first-order chi connectivity index (χ1) is 15.2. The van der Waals surface area contributed by atoms with Crippen LogP contribution in [0.5, 0.6) is 5.75 Å². The van der Waals surface area contributed by atoms with Crippen molar-refractivity contribution < 1.29 is 13.9 Å². The fraction of sp³-hybridized carbons (Fsp3) is 0.0417. The van der Waals surface area contributed by atoms with Crippen LogP contribution in [0.25, 0.3) is 28.6 Å². The van der Waals surface area contributed by atoms with E-state index in [4.69, 9.17) is 9.15 Å². The zero-order valence-corrected chi connectivity index (χ0v) is 17.3.